The van der Waals surface area contributed by atoms with Crippen molar-refractivity contribution in [2.75, 3.05) is 26.4 Å². The first-order valence-corrected chi connectivity index (χ1v) is 11.7. The first kappa shape index (κ1) is 25.5. The van der Waals surface area contributed by atoms with E-state index in [-0.39, 0.29) is 11.9 Å². The minimum absolute atomic E-state index is 0.356. The van der Waals surface area contributed by atoms with Gasteiger partial charge in [-0.1, -0.05) is 26.7 Å². The molecule has 8 nitrogen and oxygen atoms in total. The van der Waals surface area contributed by atoms with Crippen LogP contribution in [0.15, 0.2) is 48.5 Å². The summed E-state index contributed by atoms with van der Waals surface area (Å²) in [6, 6.07) is 13.2. The standard InChI is InChI=1S/C26H32O8/c1-3-5-15-29-23(27)19-7-11-21(12-8-19)33-25-26(32-18-17-31-25)34-22-13-9-20(10-14-22)24(28)30-16-6-4-2/h7-14,25-26H,3-6,15-18H2,1-2H3. The van der Waals surface area contributed by atoms with Gasteiger partial charge >= 0.3 is 11.9 Å². The zero-order valence-electron chi connectivity index (χ0n) is 19.7. The predicted octanol–water partition coefficient (Wildman–Crippen LogP) is 4.76. The van der Waals surface area contributed by atoms with Gasteiger partial charge in [0.2, 0.25) is 0 Å². The number of hydrogen-bond acceptors (Lipinski definition) is 8. The summed E-state index contributed by atoms with van der Waals surface area (Å²) in [6.07, 6.45) is 1.97. The highest BCUT2D eigenvalue weighted by Gasteiger charge is 2.31. The smallest absolute Gasteiger partial charge is 0.338 e. The van der Waals surface area contributed by atoms with E-state index < -0.39 is 12.6 Å². The monoisotopic (exact) mass is 472 g/mol. The molecule has 0 aromatic heterocycles. The molecule has 2 unspecified atom stereocenters. The summed E-state index contributed by atoms with van der Waals surface area (Å²) in [4.78, 5) is 24.1. The van der Waals surface area contributed by atoms with E-state index in [4.69, 9.17) is 28.4 Å². The molecular weight excluding hydrogens is 440 g/mol. The van der Waals surface area contributed by atoms with Crippen molar-refractivity contribution in [3.63, 3.8) is 0 Å². The van der Waals surface area contributed by atoms with Crippen molar-refractivity contribution in [1.29, 1.82) is 0 Å². The van der Waals surface area contributed by atoms with Crippen molar-refractivity contribution in [2.24, 2.45) is 0 Å². The van der Waals surface area contributed by atoms with Gasteiger partial charge in [0, 0.05) is 0 Å². The van der Waals surface area contributed by atoms with Crippen molar-refractivity contribution < 1.29 is 38.0 Å². The molecule has 34 heavy (non-hydrogen) atoms. The van der Waals surface area contributed by atoms with Crippen LogP contribution in [-0.2, 0) is 18.9 Å². The maximum Gasteiger partial charge on any atom is 0.338 e. The Balaban J connectivity index is 1.55. The van der Waals surface area contributed by atoms with Crippen molar-refractivity contribution in [2.45, 2.75) is 52.1 Å². The number of carbonyl (C=O) groups excluding carboxylic acids is 2. The van der Waals surface area contributed by atoms with E-state index in [0.717, 1.165) is 25.7 Å². The van der Waals surface area contributed by atoms with Crippen LogP contribution >= 0.6 is 0 Å². The molecule has 1 aliphatic rings. The number of unbranched alkanes of at least 4 members (excludes halogenated alkanes) is 2. The van der Waals surface area contributed by atoms with E-state index in [2.05, 4.69) is 0 Å². The summed E-state index contributed by atoms with van der Waals surface area (Å²) < 4.78 is 33.6. The average Bonchev–Trinajstić information content (AvgIpc) is 2.86. The summed E-state index contributed by atoms with van der Waals surface area (Å²) in [5, 5.41) is 0. The fourth-order valence-electron chi connectivity index (χ4n) is 3.06. The highest BCUT2D eigenvalue weighted by molar-refractivity contribution is 5.90. The van der Waals surface area contributed by atoms with E-state index in [1.807, 2.05) is 13.8 Å². The van der Waals surface area contributed by atoms with Crippen LogP contribution in [0.3, 0.4) is 0 Å². The Hall–Kier alpha value is -3.10. The molecule has 0 bridgehead atoms. The quantitative estimate of drug-likeness (QED) is 0.323. The third kappa shape index (κ3) is 7.74. The molecule has 1 fully saturated rings. The van der Waals surface area contributed by atoms with Crippen molar-refractivity contribution >= 4 is 11.9 Å². The SMILES string of the molecule is CCCCOC(=O)c1ccc(OC2OCCOC2Oc2ccc(C(=O)OCCCC)cc2)cc1. The highest BCUT2D eigenvalue weighted by Crippen LogP contribution is 2.23. The van der Waals surface area contributed by atoms with Gasteiger partial charge in [0.25, 0.3) is 12.6 Å². The predicted molar refractivity (Wildman–Crippen MR) is 124 cm³/mol. The minimum atomic E-state index is -0.810. The normalized spacial score (nSPS) is 17.6. The number of ether oxygens (including phenoxy) is 6. The van der Waals surface area contributed by atoms with Crippen LogP contribution in [0.25, 0.3) is 0 Å². The second-order valence-corrected chi connectivity index (χ2v) is 7.74. The summed E-state index contributed by atoms with van der Waals surface area (Å²) in [7, 11) is 0. The maximum absolute atomic E-state index is 12.1. The van der Waals surface area contributed by atoms with Crippen LogP contribution in [0, 0.1) is 0 Å². The zero-order valence-corrected chi connectivity index (χ0v) is 19.7. The first-order valence-electron chi connectivity index (χ1n) is 11.7. The van der Waals surface area contributed by atoms with E-state index in [0.29, 0.717) is 49.1 Å². The van der Waals surface area contributed by atoms with E-state index in [9.17, 15) is 9.59 Å². The number of carbonyl (C=O) groups is 2. The molecule has 2 atom stereocenters. The summed E-state index contributed by atoms with van der Waals surface area (Å²) in [5.41, 5.74) is 0.899. The number of benzene rings is 2. The molecule has 0 saturated carbocycles. The molecule has 1 aliphatic heterocycles. The summed E-state index contributed by atoms with van der Waals surface area (Å²) in [5.74, 6) is 0.270. The fraction of sp³-hybridized carbons (Fsp3) is 0.462. The minimum Gasteiger partial charge on any atom is -0.462 e. The molecule has 184 valence electrons. The number of esters is 2. The second-order valence-electron chi connectivity index (χ2n) is 7.74. The van der Waals surface area contributed by atoms with Gasteiger partial charge in [-0.25, -0.2) is 9.59 Å². The molecular formula is C26H32O8. The Kier molecular flexibility index (Phi) is 10.2. The molecule has 0 radical (unpaired) electrons. The topological polar surface area (TPSA) is 89.5 Å². The van der Waals surface area contributed by atoms with Crippen molar-refractivity contribution in [3.8, 4) is 11.5 Å². The Morgan fingerprint density at radius 1 is 0.706 bits per heavy atom. The van der Waals surface area contributed by atoms with Gasteiger partial charge in [0.1, 0.15) is 11.5 Å². The van der Waals surface area contributed by atoms with Crippen LogP contribution in [-0.4, -0.2) is 50.9 Å². The molecule has 0 aliphatic carbocycles. The van der Waals surface area contributed by atoms with Gasteiger partial charge in [-0.05, 0) is 61.4 Å². The van der Waals surface area contributed by atoms with Gasteiger partial charge in [-0.3, -0.25) is 0 Å². The Morgan fingerprint density at radius 3 is 1.44 bits per heavy atom. The molecule has 8 heteroatoms. The van der Waals surface area contributed by atoms with Gasteiger partial charge < -0.3 is 28.4 Å². The molecule has 0 amide bonds. The van der Waals surface area contributed by atoms with Crippen LogP contribution in [0.5, 0.6) is 11.5 Å². The van der Waals surface area contributed by atoms with Crippen LogP contribution in [0.1, 0.15) is 60.2 Å². The van der Waals surface area contributed by atoms with E-state index in [1.165, 1.54) is 0 Å². The molecule has 3 rings (SSSR count). The maximum atomic E-state index is 12.1. The second kappa shape index (κ2) is 13.6. The lowest BCUT2D eigenvalue weighted by Gasteiger charge is -2.31. The molecule has 1 saturated heterocycles. The Morgan fingerprint density at radius 2 is 1.09 bits per heavy atom. The van der Waals surface area contributed by atoms with Gasteiger partial charge in [0.15, 0.2) is 0 Å². The van der Waals surface area contributed by atoms with Crippen molar-refractivity contribution in [1.82, 2.24) is 0 Å². The molecule has 0 N–H and O–H groups in total. The molecule has 1 heterocycles. The zero-order chi connectivity index (χ0) is 24.2. The third-order valence-electron chi connectivity index (χ3n) is 5.02. The third-order valence-corrected chi connectivity index (χ3v) is 5.02. The van der Waals surface area contributed by atoms with Crippen LogP contribution < -0.4 is 9.47 Å². The van der Waals surface area contributed by atoms with Gasteiger partial charge in [-0.2, -0.15) is 0 Å². The van der Waals surface area contributed by atoms with Gasteiger partial charge in [0.05, 0.1) is 37.6 Å². The van der Waals surface area contributed by atoms with Crippen molar-refractivity contribution in [3.05, 3.63) is 59.7 Å². The van der Waals surface area contributed by atoms with Crippen LogP contribution in [0.4, 0.5) is 0 Å². The molecule has 2 aromatic carbocycles. The fourth-order valence-corrected chi connectivity index (χ4v) is 3.06. The Labute approximate surface area is 200 Å². The summed E-state index contributed by atoms with van der Waals surface area (Å²) in [6.45, 7) is 5.59. The van der Waals surface area contributed by atoms with E-state index >= 15 is 0 Å². The first-order chi connectivity index (χ1) is 16.6. The Bertz CT molecular complexity index is 819. The van der Waals surface area contributed by atoms with Crippen LogP contribution in [0.2, 0.25) is 0 Å². The lowest BCUT2D eigenvalue weighted by Crippen LogP contribution is -2.45. The largest absolute Gasteiger partial charge is 0.462 e. The van der Waals surface area contributed by atoms with E-state index in [1.54, 1.807) is 48.5 Å². The highest BCUT2D eigenvalue weighted by atomic mass is 16.8. The lowest BCUT2D eigenvalue weighted by atomic mass is 10.2. The summed E-state index contributed by atoms with van der Waals surface area (Å²) >= 11 is 0. The lowest BCUT2D eigenvalue weighted by molar-refractivity contribution is -0.271. The molecule has 0 spiro atoms. The average molecular weight is 473 g/mol. The van der Waals surface area contributed by atoms with Gasteiger partial charge in [-0.15, -0.1) is 0 Å². The number of hydrogen-bond donors (Lipinski definition) is 0. The molecule has 2 aromatic rings. The number of rotatable bonds is 12.